The molecule has 34 heavy (non-hydrogen) atoms. The van der Waals surface area contributed by atoms with Crippen LogP contribution in [0.15, 0.2) is 24.3 Å². The van der Waals surface area contributed by atoms with Gasteiger partial charge in [0.15, 0.2) is 0 Å². The summed E-state index contributed by atoms with van der Waals surface area (Å²) in [4.78, 5) is 0. The number of benzene rings is 1. The Labute approximate surface area is 214 Å². The molecule has 0 aliphatic heterocycles. The van der Waals surface area contributed by atoms with Gasteiger partial charge < -0.3 is 5.11 Å². The fraction of sp³-hybridized carbons (Fsp3) is 0.818. The minimum Gasteiger partial charge on any atom is -0.508 e. The minimum atomic E-state index is 0.530. The molecule has 0 saturated carbocycles. The molecule has 0 heterocycles. The molecule has 1 rings (SSSR count). The Morgan fingerprint density at radius 3 is 1.38 bits per heavy atom. The molecule has 1 N–H and O–H groups in total. The van der Waals surface area contributed by atoms with Gasteiger partial charge in [-0.25, -0.2) is 0 Å². The highest BCUT2D eigenvalue weighted by atomic mass is 16.3. The van der Waals surface area contributed by atoms with Crippen LogP contribution in [0.3, 0.4) is 0 Å². The maximum atomic E-state index is 10.7. The molecule has 0 aliphatic rings. The van der Waals surface area contributed by atoms with Crippen LogP contribution in [-0.2, 0) is 0 Å². The molecule has 0 bridgehead atoms. The van der Waals surface area contributed by atoms with Gasteiger partial charge >= 0.3 is 0 Å². The first-order valence-electron chi connectivity index (χ1n) is 15.5. The van der Waals surface area contributed by atoms with Crippen LogP contribution in [0.4, 0.5) is 0 Å². The van der Waals surface area contributed by atoms with Crippen molar-refractivity contribution in [2.24, 2.45) is 5.92 Å². The van der Waals surface area contributed by atoms with E-state index < -0.39 is 0 Å². The monoisotopic (exact) mass is 472 g/mol. The van der Waals surface area contributed by atoms with Crippen molar-refractivity contribution < 1.29 is 5.11 Å². The summed E-state index contributed by atoms with van der Waals surface area (Å²) in [5.74, 6) is 1.79. The standard InChI is InChI=1S/C33H60O/c1-4-7-10-12-14-15-17-19-22-27-31(32-28-23-24-29-33(32)34)30(25-20-9-6-3)26-21-18-16-13-11-8-5-2/h23-24,28-31,34H,4-22,25-27H2,1-3H3. The van der Waals surface area contributed by atoms with Crippen molar-refractivity contribution in [3.05, 3.63) is 29.8 Å². The third-order valence-electron chi connectivity index (χ3n) is 7.88. The van der Waals surface area contributed by atoms with Gasteiger partial charge in [0.25, 0.3) is 0 Å². The molecule has 198 valence electrons. The van der Waals surface area contributed by atoms with Crippen LogP contribution < -0.4 is 0 Å². The van der Waals surface area contributed by atoms with Crippen molar-refractivity contribution in [2.75, 3.05) is 0 Å². The van der Waals surface area contributed by atoms with E-state index in [1.54, 1.807) is 0 Å². The molecule has 1 aromatic rings. The minimum absolute atomic E-state index is 0.530. The Bertz CT molecular complexity index is 551. The number of para-hydroxylation sites is 1. The van der Waals surface area contributed by atoms with E-state index in [0.717, 1.165) is 5.92 Å². The Balaban J connectivity index is 2.61. The Hall–Kier alpha value is -0.980. The zero-order chi connectivity index (χ0) is 24.7. The van der Waals surface area contributed by atoms with Crippen LogP contribution >= 0.6 is 0 Å². The predicted molar refractivity (Wildman–Crippen MR) is 153 cm³/mol. The highest BCUT2D eigenvalue weighted by Gasteiger charge is 2.24. The van der Waals surface area contributed by atoms with Gasteiger partial charge in [-0.05, 0) is 42.7 Å². The van der Waals surface area contributed by atoms with Crippen molar-refractivity contribution in [2.45, 2.75) is 168 Å². The third kappa shape index (κ3) is 15.1. The van der Waals surface area contributed by atoms with Crippen LogP contribution in [0, 0.1) is 5.92 Å². The second-order valence-electron chi connectivity index (χ2n) is 10.9. The number of phenolic OH excluding ortho intramolecular Hbond substituents is 1. The fourth-order valence-corrected chi connectivity index (χ4v) is 5.69. The van der Waals surface area contributed by atoms with Gasteiger partial charge in [0.1, 0.15) is 5.75 Å². The highest BCUT2D eigenvalue weighted by Crippen LogP contribution is 2.40. The molecule has 0 fully saturated rings. The van der Waals surface area contributed by atoms with Crippen LogP contribution in [0.25, 0.3) is 0 Å². The van der Waals surface area contributed by atoms with Gasteiger partial charge in [0, 0.05) is 0 Å². The third-order valence-corrected chi connectivity index (χ3v) is 7.88. The molecule has 1 heteroatoms. The van der Waals surface area contributed by atoms with E-state index in [1.807, 2.05) is 12.1 Å². The lowest BCUT2D eigenvalue weighted by molar-refractivity contribution is 0.315. The summed E-state index contributed by atoms with van der Waals surface area (Å²) in [6.45, 7) is 6.91. The summed E-state index contributed by atoms with van der Waals surface area (Å²) in [6, 6.07) is 8.24. The quantitative estimate of drug-likeness (QED) is 0.148. The summed E-state index contributed by atoms with van der Waals surface area (Å²) in [5.41, 5.74) is 1.23. The van der Waals surface area contributed by atoms with Crippen LogP contribution in [0.1, 0.15) is 174 Å². The second kappa shape index (κ2) is 22.5. The first kappa shape index (κ1) is 31.1. The average molecular weight is 473 g/mol. The molecule has 1 aromatic carbocycles. The van der Waals surface area contributed by atoms with Crippen LogP contribution in [-0.4, -0.2) is 5.11 Å². The Kier molecular flexibility index (Phi) is 20.5. The van der Waals surface area contributed by atoms with E-state index in [-0.39, 0.29) is 0 Å². The zero-order valence-electron chi connectivity index (χ0n) is 23.5. The van der Waals surface area contributed by atoms with Crippen molar-refractivity contribution in [1.82, 2.24) is 0 Å². The predicted octanol–water partition coefficient (Wildman–Crippen LogP) is 11.7. The van der Waals surface area contributed by atoms with Gasteiger partial charge in [0.05, 0.1) is 0 Å². The highest BCUT2D eigenvalue weighted by molar-refractivity contribution is 5.35. The van der Waals surface area contributed by atoms with Crippen molar-refractivity contribution in [1.29, 1.82) is 0 Å². The maximum absolute atomic E-state index is 10.7. The normalized spacial score (nSPS) is 13.3. The van der Waals surface area contributed by atoms with Crippen molar-refractivity contribution in [3.8, 4) is 5.75 Å². The second-order valence-corrected chi connectivity index (χ2v) is 10.9. The van der Waals surface area contributed by atoms with Gasteiger partial charge in [-0.3, -0.25) is 0 Å². The van der Waals surface area contributed by atoms with Gasteiger partial charge in [-0.15, -0.1) is 0 Å². The van der Waals surface area contributed by atoms with E-state index in [9.17, 15) is 5.11 Å². The van der Waals surface area contributed by atoms with Gasteiger partial charge in [0.2, 0.25) is 0 Å². The molecule has 2 unspecified atom stereocenters. The SMILES string of the molecule is CCCCCCCCCCCC(c1ccccc1O)C(CCCCC)CCCCCCCCC. The lowest BCUT2D eigenvalue weighted by Gasteiger charge is -2.29. The zero-order valence-corrected chi connectivity index (χ0v) is 23.5. The summed E-state index contributed by atoms with van der Waals surface area (Å²) in [7, 11) is 0. The Morgan fingerprint density at radius 1 is 0.500 bits per heavy atom. The number of phenols is 1. The lowest BCUT2D eigenvalue weighted by Crippen LogP contribution is -2.14. The molecule has 2 atom stereocenters. The first-order valence-corrected chi connectivity index (χ1v) is 15.5. The summed E-state index contributed by atoms with van der Waals surface area (Å²) < 4.78 is 0. The smallest absolute Gasteiger partial charge is 0.119 e. The van der Waals surface area contributed by atoms with Crippen LogP contribution in [0.5, 0.6) is 5.75 Å². The van der Waals surface area contributed by atoms with E-state index in [1.165, 1.54) is 147 Å². The van der Waals surface area contributed by atoms with Gasteiger partial charge in [-0.1, -0.05) is 161 Å². The Morgan fingerprint density at radius 2 is 0.882 bits per heavy atom. The number of hydrogen-bond acceptors (Lipinski definition) is 1. The molecular weight excluding hydrogens is 412 g/mol. The number of aromatic hydroxyl groups is 1. The molecule has 0 aromatic heterocycles. The van der Waals surface area contributed by atoms with Crippen molar-refractivity contribution >= 4 is 0 Å². The number of hydrogen-bond donors (Lipinski definition) is 1. The molecule has 0 saturated heterocycles. The fourth-order valence-electron chi connectivity index (χ4n) is 5.69. The molecular formula is C33H60O. The first-order chi connectivity index (χ1) is 16.7. The number of unbranched alkanes of at least 4 members (excludes halogenated alkanes) is 16. The summed E-state index contributed by atoms with van der Waals surface area (Å²) in [5, 5.41) is 10.7. The summed E-state index contributed by atoms with van der Waals surface area (Å²) >= 11 is 0. The average Bonchev–Trinajstić information content (AvgIpc) is 2.85. The largest absolute Gasteiger partial charge is 0.508 e. The van der Waals surface area contributed by atoms with E-state index in [2.05, 4.69) is 32.9 Å². The lowest BCUT2D eigenvalue weighted by atomic mass is 9.76. The van der Waals surface area contributed by atoms with E-state index >= 15 is 0 Å². The van der Waals surface area contributed by atoms with Gasteiger partial charge in [-0.2, -0.15) is 0 Å². The molecule has 0 spiro atoms. The molecule has 1 nitrogen and oxygen atoms in total. The molecule has 0 radical (unpaired) electrons. The van der Waals surface area contributed by atoms with Crippen molar-refractivity contribution in [3.63, 3.8) is 0 Å². The van der Waals surface area contributed by atoms with E-state index in [0.29, 0.717) is 11.7 Å². The number of rotatable bonds is 24. The van der Waals surface area contributed by atoms with Crippen LogP contribution in [0.2, 0.25) is 0 Å². The molecule has 0 amide bonds. The summed E-state index contributed by atoms with van der Waals surface area (Å²) in [6.07, 6.45) is 30.1. The molecule has 0 aliphatic carbocycles. The van der Waals surface area contributed by atoms with E-state index in [4.69, 9.17) is 0 Å². The topological polar surface area (TPSA) is 20.2 Å². The maximum Gasteiger partial charge on any atom is 0.119 e.